The van der Waals surface area contributed by atoms with Crippen LogP contribution < -0.4 is 0 Å². The van der Waals surface area contributed by atoms with Crippen LogP contribution >= 0.6 is 11.8 Å². The Morgan fingerprint density at radius 1 is 1.04 bits per heavy atom. The topological polar surface area (TPSA) is 40.6 Å². The molecule has 0 aliphatic carbocycles. The molecule has 0 aromatic heterocycles. The zero-order valence-corrected chi connectivity index (χ0v) is 14.6. The van der Waals surface area contributed by atoms with E-state index in [1.807, 2.05) is 67.6 Å². The Morgan fingerprint density at radius 2 is 1.62 bits per heavy atom. The largest absolute Gasteiger partial charge is 0.327 e. The lowest BCUT2D eigenvalue weighted by Crippen LogP contribution is -2.37. The monoisotopic (exact) mass is 340 g/mol. The molecular weight excluding hydrogens is 320 g/mol. The number of carbonyl (C=O) groups is 2. The van der Waals surface area contributed by atoms with E-state index < -0.39 is 0 Å². The Kier molecular flexibility index (Phi) is 4.90. The maximum absolute atomic E-state index is 12.8. The fourth-order valence-corrected chi connectivity index (χ4v) is 3.74. The van der Waals surface area contributed by atoms with Gasteiger partial charge in [0.05, 0.1) is 17.8 Å². The van der Waals surface area contributed by atoms with Crippen molar-refractivity contribution in [2.24, 2.45) is 0 Å². The molecule has 0 spiro atoms. The first-order valence-corrected chi connectivity index (χ1v) is 8.90. The number of amides is 3. The number of urea groups is 1. The highest BCUT2D eigenvalue weighted by Gasteiger charge is 2.45. The third-order valence-electron chi connectivity index (χ3n) is 4.37. The van der Waals surface area contributed by atoms with Gasteiger partial charge in [-0.25, -0.2) is 4.79 Å². The minimum atomic E-state index is -0.243. The second kappa shape index (κ2) is 7.09. The lowest BCUT2D eigenvalue weighted by atomic mass is 10.0. The first-order chi connectivity index (χ1) is 11.6. The fourth-order valence-electron chi connectivity index (χ4n) is 2.96. The standard InChI is InChI=1S/C19H20N2O2S/c1-14-18(15-9-5-3-6-10-15)21(19(23)20(14)2)17(22)13-24-16-11-7-4-8-12-16/h3-12,14,18H,13H2,1-2H3/t14-,18-/m0/s1. The molecule has 24 heavy (non-hydrogen) atoms. The van der Waals surface area contributed by atoms with Crippen molar-refractivity contribution in [3.05, 3.63) is 66.2 Å². The lowest BCUT2D eigenvalue weighted by molar-refractivity contribution is -0.126. The molecule has 0 N–H and O–H groups in total. The van der Waals surface area contributed by atoms with Gasteiger partial charge in [0.2, 0.25) is 5.91 Å². The fraction of sp³-hybridized carbons (Fsp3) is 0.263. The second-order valence-corrected chi connectivity index (χ2v) is 6.90. The van der Waals surface area contributed by atoms with Crippen molar-refractivity contribution in [1.82, 2.24) is 9.80 Å². The van der Waals surface area contributed by atoms with Gasteiger partial charge < -0.3 is 4.90 Å². The van der Waals surface area contributed by atoms with Crippen molar-refractivity contribution in [1.29, 1.82) is 0 Å². The number of carbonyl (C=O) groups excluding carboxylic acids is 2. The Bertz CT molecular complexity index is 721. The number of hydrogen-bond donors (Lipinski definition) is 0. The van der Waals surface area contributed by atoms with Crippen molar-refractivity contribution in [2.75, 3.05) is 12.8 Å². The quantitative estimate of drug-likeness (QED) is 0.795. The molecule has 0 saturated carbocycles. The molecule has 5 heteroatoms. The smallest absolute Gasteiger partial charge is 0.322 e. The number of benzene rings is 2. The molecule has 1 fully saturated rings. The molecule has 124 valence electrons. The van der Waals surface area contributed by atoms with Crippen molar-refractivity contribution in [2.45, 2.75) is 23.9 Å². The van der Waals surface area contributed by atoms with Gasteiger partial charge in [-0.1, -0.05) is 48.5 Å². The Hall–Kier alpha value is -2.27. The van der Waals surface area contributed by atoms with Gasteiger partial charge in [0.25, 0.3) is 0 Å². The Morgan fingerprint density at radius 3 is 2.25 bits per heavy atom. The highest BCUT2D eigenvalue weighted by Crippen LogP contribution is 2.35. The van der Waals surface area contributed by atoms with Gasteiger partial charge in [-0.2, -0.15) is 0 Å². The summed E-state index contributed by atoms with van der Waals surface area (Å²) in [6.07, 6.45) is 0. The van der Waals surface area contributed by atoms with E-state index in [1.165, 1.54) is 16.7 Å². The summed E-state index contributed by atoms with van der Waals surface area (Å²) in [5, 5.41) is 0. The number of imide groups is 1. The zero-order valence-electron chi connectivity index (χ0n) is 13.8. The average molecular weight is 340 g/mol. The van der Waals surface area contributed by atoms with Crippen LogP contribution in [0.5, 0.6) is 0 Å². The van der Waals surface area contributed by atoms with Gasteiger partial charge in [0, 0.05) is 11.9 Å². The molecule has 1 aliphatic rings. The van der Waals surface area contributed by atoms with E-state index >= 15 is 0 Å². The molecule has 2 atom stereocenters. The second-order valence-electron chi connectivity index (χ2n) is 5.86. The van der Waals surface area contributed by atoms with E-state index in [-0.39, 0.29) is 29.8 Å². The van der Waals surface area contributed by atoms with Gasteiger partial charge in [0.15, 0.2) is 0 Å². The summed E-state index contributed by atoms with van der Waals surface area (Å²) in [7, 11) is 1.75. The predicted molar refractivity (Wildman–Crippen MR) is 95.8 cm³/mol. The van der Waals surface area contributed by atoms with Gasteiger partial charge in [-0.3, -0.25) is 9.69 Å². The van der Waals surface area contributed by atoms with Crippen LogP contribution in [0.15, 0.2) is 65.6 Å². The summed E-state index contributed by atoms with van der Waals surface area (Å²) in [5.74, 6) is 0.0959. The summed E-state index contributed by atoms with van der Waals surface area (Å²) in [6, 6.07) is 19.0. The molecule has 4 nitrogen and oxygen atoms in total. The highest BCUT2D eigenvalue weighted by molar-refractivity contribution is 8.00. The molecule has 3 rings (SSSR count). The first-order valence-electron chi connectivity index (χ1n) is 7.91. The molecule has 1 aliphatic heterocycles. The van der Waals surface area contributed by atoms with E-state index in [1.54, 1.807) is 11.9 Å². The molecule has 2 aromatic rings. The Labute approximate surface area is 146 Å². The van der Waals surface area contributed by atoms with Gasteiger partial charge in [0.1, 0.15) is 0 Å². The number of thioether (sulfide) groups is 1. The van der Waals surface area contributed by atoms with E-state index in [0.29, 0.717) is 0 Å². The van der Waals surface area contributed by atoms with Crippen LogP contribution in [0.3, 0.4) is 0 Å². The van der Waals surface area contributed by atoms with Gasteiger partial charge >= 0.3 is 6.03 Å². The van der Waals surface area contributed by atoms with E-state index in [2.05, 4.69) is 0 Å². The molecule has 0 radical (unpaired) electrons. The molecule has 1 saturated heterocycles. The van der Waals surface area contributed by atoms with Crippen molar-refractivity contribution >= 4 is 23.7 Å². The van der Waals surface area contributed by atoms with Crippen LogP contribution in [0.4, 0.5) is 4.79 Å². The predicted octanol–water partition coefficient (Wildman–Crippen LogP) is 3.80. The molecular formula is C19H20N2O2S. The van der Waals surface area contributed by atoms with Crippen LogP contribution in [-0.4, -0.2) is 40.6 Å². The zero-order chi connectivity index (χ0) is 17.1. The summed E-state index contributed by atoms with van der Waals surface area (Å²) in [5.41, 5.74) is 0.987. The SMILES string of the molecule is C[C@H]1[C@@H](c2ccccc2)N(C(=O)CSc2ccccc2)C(=O)N1C. The number of likely N-dealkylation sites (N-methyl/N-ethyl adjacent to an activating group) is 1. The number of nitrogens with zero attached hydrogens (tertiary/aromatic N) is 2. The van der Waals surface area contributed by atoms with Crippen LogP contribution in [0.25, 0.3) is 0 Å². The van der Waals surface area contributed by atoms with Crippen LogP contribution in [0.2, 0.25) is 0 Å². The van der Waals surface area contributed by atoms with Crippen LogP contribution in [-0.2, 0) is 4.79 Å². The van der Waals surface area contributed by atoms with Crippen molar-refractivity contribution in [3.63, 3.8) is 0 Å². The molecule has 0 bridgehead atoms. The van der Waals surface area contributed by atoms with Crippen molar-refractivity contribution < 1.29 is 9.59 Å². The van der Waals surface area contributed by atoms with Crippen LogP contribution in [0.1, 0.15) is 18.5 Å². The molecule has 2 aromatic carbocycles. The van der Waals surface area contributed by atoms with Gasteiger partial charge in [-0.15, -0.1) is 11.8 Å². The van der Waals surface area contributed by atoms with E-state index in [4.69, 9.17) is 0 Å². The minimum Gasteiger partial charge on any atom is -0.322 e. The maximum atomic E-state index is 12.8. The molecule has 3 amide bonds. The lowest BCUT2D eigenvalue weighted by Gasteiger charge is -2.24. The van der Waals surface area contributed by atoms with E-state index in [0.717, 1.165) is 10.5 Å². The van der Waals surface area contributed by atoms with E-state index in [9.17, 15) is 9.59 Å². The summed E-state index contributed by atoms with van der Waals surface area (Å²) in [6.45, 7) is 1.98. The minimum absolute atomic E-state index is 0.0504. The van der Waals surface area contributed by atoms with Crippen LogP contribution in [0, 0.1) is 0 Å². The highest BCUT2D eigenvalue weighted by atomic mass is 32.2. The maximum Gasteiger partial charge on any atom is 0.327 e. The van der Waals surface area contributed by atoms with Crippen molar-refractivity contribution in [3.8, 4) is 0 Å². The molecule has 0 unspecified atom stereocenters. The number of rotatable bonds is 4. The normalized spacial score (nSPS) is 20.5. The number of hydrogen-bond acceptors (Lipinski definition) is 3. The third kappa shape index (κ3) is 3.17. The summed E-state index contributed by atoms with van der Waals surface area (Å²) >= 11 is 1.46. The summed E-state index contributed by atoms with van der Waals surface area (Å²) < 4.78 is 0. The average Bonchev–Trinajstić information content (AvgIpc) is 2.85. The summed E-state index contributed by atoms with van der Waals surface area (Å²) in [4.78, 5) is 29.4. The first kappa shape index (κ1) is 16.6. The van der Waals surface area contributed by atoms with Gasteiger partial charge in [-0.05, 0) is 24.6 Å². The Balaban J connectivity index is 1.80. The third-order valence-corrected chi connectivity index (χ3v) is 5.37. The molecule has 1 heterocycles.